The van der Waals surface area contributed by atoms with E-state index in [1.807, 2.05) is 26.2 Å². The number of nitrogens with zero attached hydrogens (tertiary/aromatic N) is 4. The zero-order chi connectivity index (χ0) is 20.1. The fraction of sp³-hybridized carbons (Fsp3) is 0.429. The second-order valence-corrected chi connectivity index (χ2v) is 8.07. The maximum atomic E-state index is 13.3. The molecule has 1 aliphatic carbocycles. The van der Waals surface area contributed by atoms with E-state index >= 15 is 0 Å². The van der Waals surface area contributed by atoms with E-state index < -0.39 is 5.63 Å². The van der Waals surface area contributed by atoms with Crippen LogP contribution < -0.4 is 5.63 Å². The minimum absolute atomic E-state index is 0.0933. The highest BCUT2D eigenvalue weighted by Crippen LogP contribution is 2.36. The minimum atomic E-state index is -0.537. The maximum absolute atomic E-state index is 13.3. The Kier molecular flexibility index (Phi) is 4.15. The first-order valence-corrected chi connectivity index (χ1v) is 9.96. The number of aryl methyl sites for hydroxylation is 2. The van der Waals surface area contributed by atoms with Crippen molar-refractivity contribution in [2.75, 3.05) is 6.54 Å². The zero-order valence-electron chi connectivity index (χ0n) is 16.5. The van der Waals surface area contributed by atoms with E-state index in [2.05, 4.69) is 15.1 Å². The third-order valence-corrected chi connectivity index (χ3v) is 6.14. The van der Waals surface area contributed by atoms with Gasteiger partial charge in [-0.3, -0.25) is 9.48 Å². The van der Waals surface area contributed by atoms with Crippen molar-refractivity contribution in [2.24, 2.45) is 7.05 Å². The molecule has 1 atom stereocenters. The van der Waals surface area contributed by atoms with Gasteiger partial charge in [0.1, 0.15) is 11.3 Å². The van der Waals surface area contributed by atoms with Crippen molar-refractivity contribution in [1.29, 1.82) is 0 Å². The number of H-pyrrole nitrogens is 1. The van der Waals surface area contributed by atoms with Gasteiger partial charge in [0.05, 0.1) is 30.5 Å². The lowest BCUT2D eigenvalue weighted by molar-refractivity contribution is 0.0715. The number of carbonyl (C=O) groups excluding carboxylic acids is 1. The SMILES string of the molecule is Cc1cc(C2CCC2)oc(=O)c1C(=O)N1Cc2[nH]cnc2C(c2cnn(C)c2)C1. The molecule has 1 unspecified atom stereocenters. The first kappa shape index (κ1) is 17.9. The summed E-state index contributed by atoms with van der Waals surface area (Å²) in [7, 11) is 1.86. The highest BCUT2D eigenvalue weighted by atomic mass is 16.4. The Morgan fingerprint density at radius 2 is 2.17 bits per heavy atom. The van der Waals surface area contributed by atoms with Gasteiger partial charge in [-0.2, -0.15) is 5.10 Å². The first-order chi connectivity index (χ1) is 14.0. The lowest BCUT2D eigenvalue weighted by atomic mass is 9.83. The molecule has 0 saturated heterocycles. The molecule has 0 bridgehead atoms. The number of nitrogens with one attached hydrogen (secondary N) is 1. The summed E-state index contributed by atoms with van der Waals surface area (Å²) < 4.78 is 7.27. The molecule has 1 fully saturated rings. The van der Waals surface area contributed by atoms with Gasteiger partial charge >= 0.3 is 5.63 Å². The Morgan fingerprint density at radius 1 is 1.34 bits per heavy atom. The number of aromatic amines is 1. The monoisotopic (exact) mass is 393 g/mol. The Hall–Kier alpha value is -3.16. The van der Waals surface area contributed by atoms with Crippen molar-refractivity contribution >= 4 is 5.91 Å². The van der Waals surface area contributed by atoms with E-state index in [0.717, 1.165) is 36.2 Å². The van der Waals surface area contributed by atoms with Crippen LogP contribution in [-0.4, -0.2) is 37.1 Å². The largest absolute Gasteiger partial charge is 0.427 e. The average Bonchev–Trinajstić information content (AvgIpc) is 3.27. The normalized spacial score (nSPS) is 19.1. The van der Waals surface area contributed by atoms with Crippen LogP contribution in [0, 0.1) is 6.92 Å². The molecule has 8 nitrogen and oxygen atoms in total. The van der Waals surface area contributed by atoms with E-state index in [1.54, 1.807) is 22.1 Å². The summed E-state index contributed by atoms with van der Waals surface area (Å²) in [5, 5.41) is 4.26. The number of fused-ring (bicyclic) bond motifs is 1. The Balaban J connectivity index is 1.48. The van der Waals surface area contributed by atoms with E-state index in [-0.39, 0.29) is 17.4 Å². The van der Waals surface area contributed by atoms with Crippen LogP contribution in [0.25, 0.3) is 0 Å². The molecule has 1 saturated carbocycles. The van der Waals surface area contributed by atoms with Crippen molar-refractivity contribution < 1.29 is 9.21 Å². The number of hydrogen-bond acceptors (Lipinski definition) is 5. The Labute approximate surface area is 167 Å². The van der Waals surface area contributed by atoms with Crippen LogP contribution in [0.15, 0.2) is 34.0 Å². The van der Waals surface area contributed by atoms with Crippen molar-refractivity contribution in [3.8, 4) is 0 Å². The van der Waals surface area contributed by atoms with Crippen LogP contribution >= 0.6 is 0 Å². The summed E-state index contributed by atoms with van der Waals surface area (Å²) in [5.74, 6) is 0.621. The van der Waals surface area contributed by atoms with Crippen LogP contribution in [0.5, 0.6) is 0 Å². The summed E-state index contributed by atoms with van der Waals surface area (Å²) in [6.07, 6.45) is 8.61. The Bertz CT molecular complexity index is 1140. The number of aromatic nitrogens is 4. The number of rotatable bonds is 3. The molecule has 1 N–H and O–H groups in total. The fourth-order valence-electron chi connectivity index (χ4n) is 4.30. The first-order valence-electron chi connectivity index (χ1n) is 9.96. The summed E-state index contributed by atoms with van der Waals surface area (Å²) in [4.78, 5) is 35.3. The molecule has 150 valence electrons. The van der Waals surface area contributed by atoms with E-state index in [9.17, 15) is 9.59 Å². The Morgan fingerprint density at radius 3 is 2.83 bits per heavy atom. The minimum Gasteiger partial charge on any atom is -0.427 e. The van der Waals surface area contributed by atoms with Crippen molar-refractivity contribution in [1.82, 2.24) is 24.6 Å². The summed E-state index contributed by atoms with van der Waals surface area (Å²) >= 11 is 0. The standard InChI is InChI=1S/C21H23N5O3/c1-12-6-17(13-4-3-5-13)29-21(28)18(12)20(27)26-9-15(14-7-24-25(2)8-14)19-16(10-26)22-11-23-19/h6-8,11,13,15H,3-5,9-10H2,1-2H3,(H,22,23). The highest BCUT2D eigenvalue weighted by molar-refractivity contribution is 5.95. The molecular formula is C21H23N5O3. The van der Waals surface area contributed by atoms with Crippen LogP contribution in [-0.2, 0) is 13.6 Å². The second-order valence-electron chi connectivity index (χ2n) is 8.07. The fourth-order valence-corrected chi connectivity index (χ4v) is 4.30. The molecule has 5 rings (SSSR count). The average molecular weight is 393 g/mol. The van der Waals surface area contributed by atoms with Gasteiger partial charge in [0, 0.05) is 37.2 Å². The molecule has 1 amide bonds. The van der Waals surface area contributed by atoms with Gasteiger partial charge in [-0.05, 0) is 31.4 Å². The maximum Gasteiger partial charge on any atom is 0.349 e. The van der Waals surface area contributed by atoms with E-state index in [0.29, 0.717) is 30.3 Å². The van der Waals surface area contributed by atoms with Gasteiger partial charge in [0.25, 0.3) is 5.91 Å². The molecule has 0 radical (unpaired) electrons. The molecule has 3 aromatic heterocycles. The van der Waals surface area contributed by atoms with E-state index in [1.165, 1.54) is 0 Å². The zero-order valence-corrected chi connectivity index (χ0v) is 16.5. The lowest BCUT2D eigenvalue weighted by Crippen LogP contribution is -2.41. The molecule has 0 aromatic carbocycles. The highest BCUT2D eigenvalue weighted by Gasteiger charge is 2.34. The van der Waals surface area contributed by atoms with Crippen LogP contribution in [0.4, 0.5) is 0 Å². The predicted molar refractivity (Wildman–Crippen MR) is 105 cm³/mol. The van der Waals surface area contributed by atoms with Gasteiger partial charge in [0.2, 0.25) is 0 Å². The predicted octanol–water partition coefficient (Wildman–Crippen LogP) is 2.46. The summed E-state index contributed by atoms with van der Waals surface area (Å²) in [6.45, 7) is 2.64. The van der Waals surface area contributed by atoms with Gasteiger partial charge in [-0.25, -0.2) is 9.78 Å². The molecule has 8 heteroatoms. The number of imidazole rings is 1. The van der Waals surface area contributed by atoms with Crippen molar-refractivity contribution in [3.63, 3.8) is 0 Å². The van der Waals surface area contributed by atoms with Gasteiger partial charge < -0.3 is 14.3 Å². The molecule has 2 aliphatic rings. The number of carbonyl (C=O) groups is 1. The molecule has 0 spiro atoms. The van der Waals surface area contributed by atoms with Crippen molar-refractivity contribution in [2.45, 2.75) is 44.6 Å². The van der Waals surface area contributed by atoms with Gasteiger partial charge in [-0.1, -0.05) is 6.42 Å². The molecule has 4 heterocycles. The van der Waals surface area contributed by atoms with Gasteiger partial charge in [0.15, 0.2) is 0 Å². The van der Waals surface area contributed by atoms with E-state index in [4.69, 9.17) is 4.42 Å². The molecule has 3 aromatic rings. The molecule has 29 heavy (non-hydrogen) atoms. The lowest BCUT2D eigenvalue weighted by Gasteiger charge is -2.32. The second kappa shape index (κ2) is 6.72. The topological polar surface area (TPSA) is 97.0 Å². The molecular weight excluding hydrogens is 370 g/mol. The summed E-state index contributed by atoms with van der Waals surface area (Å²) in [5.41, 5.74) is 3.06. The smallest absolute Gasteiger partial charge is 0.349 e. The van der Waals surface area contributed by atoms with Gasteiger partial charge in [-0.15, -0.1) is 0 Å². The number of amides is 1. The quantitative estimate of drug-likeness (QED) is 0.737. The third kappa shape index (κ3) is 2.99. The summed E-state index contributed by atoms with van der Waals surface area (Å²) in [6, 6.07) is 1.86. The van der Waals surface area contributed by atoms with Crippen molar-refractivity contribution in [3.05, 3.63) is 69.0 Å². The molecule has 1 aliphatic heterocycles. The number of hydrogen-bond donors (Lipinski definition) is 1. The third-order valence-electron chi connectivity index (χ3n) is 6.14. The van der Waals surface area contributed by atoms with Crippen LogP contribution in [0.1, 0.15) is 69.7 Å². The van der Waals surface area contributed by atoms with Crippen LogP contribution in [0.2, 0.25) is 0 Å². The van der Waals surface area contributed by atoms with Crippen LogP contribution in [0.3, 0.4) is 0 Å².